The molecule has 0 atom stereocenters. The van der Waals surface area contributed by atoms with E-state index in [1.807, 2.05) is 0 Å². The number of hydrogen-bond acceptors (Lipinski definition) is 3. The molecule has 0 N–H and O–H groups in total. The molecule has 0 aliphatic heterocycles. The van der Waals surface area contributed by atoms with Gasteiger partial charge in [-0.15, -0.1) is 0 Å². The van der Waals surface area contributed by atoms with Gasteiger partial charge in [0.2, 0.25) is 0 Å². The summed E-state index contributed by atoms with van der Waals surface area (Å²) in [6.07, 6.45) is 0. The minimum Gasteiger partial charge on any atom is -0.487 e. The van der Waals surface area contributed by atoms with Crippen molar-refractivity contribution in [3.8, 4) is 5.75 Å². The fraction of sp³-hybridized carbons (Fsp3) is 0.0769. The lowest BCUT2D eigenvalue weighted by Gasteiger charge is -2.10. The quantitative estimate of drug-likeness (QED) is 0.679. The number of halogens is 4. The molecule has 112 valence electrons. The van der Waals surface area contributed by atoms with Crippen molar-refractivity contribution in [3.63, 3.8) is 0 Å². The van der Waals surface area contributed by atoms with Crippen molar-refractivity contribution in [1.29, 1.82) is 0 Å². The Morgan fingerprint density at radius 1 is 1.19 bits per heavy atom. The van der Waals surface area contributed by atoms with Gasteiger partial charge < -0.3 is 4.74 Å². The Morgan fingerprint density at radius 2 is 1.90 bits per heavy atom. The van der Waals surface area contributed by atoms with E-state index in [2.05, 4.69) is 15.9 Å². The van der Waals surface area contributed by atoms with Crippen molar-refractivity contribution >= 4 is 47.3 Å². The van der Waals surface area contributed by atoms with Crippen molar-refractivity contribution in [2.75, 3.05) is 0 Å². The van der Waals surface area contributed by atoms with Crippen molar-refractivity contribution < 1.29 is 17.5 Å². The molecule has 8 heteroatoms. The third kappa shape index (κ3) is 4.32. The average Bonchev–Trinajstić information content (AvgIpc) is 2.38. The molecule has 0 spiro atoms. The van der Waals surface area contributed by atoms with E-state index < -0.39 is 9.05 Å². The second kappa shape index (κ2) is 6.52. The predicted molar refractivity (Wildman–Crippen MR) is 82.9 cm³/mol. The first-order valence-corrected chi connectivity index (χ1v) is 9.06. The Morgan fingerprint density at radius 3 is 2.48 bits per heavy atom. The molecule has 0 bridgehead atoms. The maximum atomic E-state index is 13.0. The summed E-state index contributed by atoms with van der Waals surface area (Å²) < 4.78 is 41.4. The van der Waals surface area contributed by atoms with E-state index in [-0.39, 0.29) is 22.3 Å². The highest BCUT2D eigenvalue weighted by molar-refractivity contribution is 9.10. The SMILES string of the molecule is O=S(=O)(Cl)c1ccc(OCc2ccc(F)cc2Br)c(Cl)c1. The molecule has 21 heavy (non-hydrogen) atoms. The summed E-state index contributed by atoms with van der Waals surface area (Å²) in [4.78, 5) is -0.107. The Hall–Kier alpha value is -0.820. The zero-order valence-electron chi connectivity index (χ0n) is 10.3. The maximum Gasteiger partial charge on any atom is 0.261 e. The molecule has 0 saturated heterocycles. The smallest absolute Gasteiger partial charge is 0.261 e. The van der Waals surface area contributed by atoms with Crippen LogP contribution in [-0.2, 0) is 15.7 Å². The summed E-state index contributed by atoms with van der Waals surface area (Å²) in [5.74, 6) is -0.0581. The van der Waals surface area contributed by atoms with Crippen molar-refractivity contribution in [2.24, 2.45) is 0 Å². The second-order valence-electron chi connectivity index (χ2n) is 4.05. The van der Waals surface area contributed by atoms with Crippen LogP contribution in [0.25, 0.3) is 0 Å². The van der Waals surface area contributed by atoms with Gasteiger partial charge in [-0.2, -0.15) is 0 Å². The summed E-state index contributed by atoms with van der Waals surface area (Å²) in [5, 5.41) is 0.120. The summed E-state index contributed by atoms with van der Waals surface area (Å²) in [6, 6.07) is 8.12. The molecule has 2 rings (SSSR count). The number of rotatable bonds is 4. The Labute approximate surface area is 139 Å². The topological polar surface area (TPSA) is 43.4 Å². The van der Waals surface area contributed by atoms with Crippen LogP contribution in [0.2, 0.25) is 5.02 Å². The fourth-order valence-corrected chi connectivity index (χ4v) is 3.09. The van der Waals surface area contributed by atoms with Crippen LogP contribution in [0.4, 0.5) is 4.39 Å². The molecular weight excluding hydrogens is 406 g/mol. The first-order chi connectivity index (χ1) is 9.77. The van der Waals surface area contributed by atoms with E-state index in [4.69, 9.17) is 27.0 Å². The minimum absolute atomic E-state index is 0.107. The molecular formula is C13H8BrCl2FO3S. The molecule has 2 aromatic rings. The lowest BCUT2D eigenvalue weighted by Crippen LogP contribution is -1.98. The second-order valence-corrected chi connectivity index (χ2v) is 7.88. The van der Waals surface area contributed by atoms with Gasteiger partial charge in [0.05, 0.1) is 9.92 Å². The van der Waals surface area contributed by atoms with E-state index in [9.17, 15) is 12.8 Å². The molecule has 0 aliphatic rings. The first kappa shape index (κ1) is 16.5. The molecule has 0 aliphatic carbocycles. The largest absolute Gasteiger partial charge is 0.487 e. The van der Waals surface area contributed by atoms with Crippen LogP contribution in [0, 0.1) is 5.82 Å². The molecule has 3 nitrogen and oxygen atoms in total. The van der Waals surface area contributed by atoms with E-state index in [1.165, 1.54) is 30.3 Å². The number of ether oxygens (including phenoxy) is 1. The summed E-state index contributed by atoms with van der Waals surface area (Å²) in [5.41, 5.74) is 0.724. The van der Waals surface area contributed by atoms with Crippen LogP contribution in [0.5, 0.6) is 5.75 Å². The predicted octanol–water partition coefficient (Wildman–Crippen LogP) is 4.75. The fourth-order valence-electron chi connectivity index (χ4n) is 1.54. The van der Waals surface area contributed by atoms with Crippen molar-refractivity contribution in [2.45, 2.75) is 11.5 Å². The minimum atomic E-state index is -3.84. The Kier molecular flexibility index (Phi) is 5.14. The van der Waals surface area contributed by atoms with Gasteiger partial charge in [0.25, 0.3) is 9.05 Å². The lowest BCUT2D eigenvalue weighted by molar-refractivity contribution is 0.305. The van der Waals surface area contributed by atoms with Gasteiger partial charge in [-0.25, -0.2) is 12.8 Å². The summed E-state index contributed by atoms with van der Waals surface area (Å²) >= 11 is 9.17. The molecule has 0 saturated carbocycles. The van der Waals surface area contributed by atoms with E-state index in [1.54, 1.807) is 6.07 Å². The zero-order valence-corrected chi connectivity index (χ0v) is 14.2. The van der Waals surface area contributed by atoms with Gasteiger partial charge in [-0.05, 0) is 30.3 Å². The van der Waals surface area contributed by atoms with Crippen LogP contribution >= 0.6 is 38.2 Å². The van der Waals surface area contributed by atoms with Gasteiger partial charge in [0.15, 0.2) is 0 Å². The molecule has 0 aromatic heterocycles. The van der Waals surface area contributed by atoms with Gasteiger partial charge in [-0.1, -0.05) is 33.6 Å². The summed E-state index contributed by atoms with van der Waals surface area (Å²) in [7, 11) is 1.38. The van der Waals surface area contributed by atoms with Crippen LogP contribution in [-0.4, -0.2) is 8.42 Å². The monoisotopic (exact) mass is 412 g/mol. The van der Waals surface area contributed by atoms with Crippen LogP contribution in [0.1, 0.15) is 5.56 Å². The standard InChI is InChI=1S/C13H8BrCl2FO3S/c14-11-5-9(17)2-1-8(11)7-20-13-4-3-10(6-12(13)15)21(16,18)19/h1-6H,7H2. The lowest BCUT2D eigenvalue weighted by atomic mass is 10.2. The molecule has 0 unspecified atom stereocenters. The van der Waals surface area contributed by atoms with E-state index in [0.29, 0.717) is 10.2 Å². The van der Waals surface area contributed by atoms with Gasteiger partial charge in [0, 0.05) is 20.7 Å². The normalized spacial score (nSPS) is 11.4. The third-order valence-electron chi connectivity index (χ3n) is 2.58. The zero-order chi connectivity index (χ0) is 15.6. The Bertz CT molecular complexity index is 781. The summed E-state index contributed by atoms with van der Waals surface area (Å²) in [6.45, 7) is 0.146. The highest BCUT2D eigenvalue weighted by atomic mass is 79.9. The van der Waals surface area contributed by atoms with E-state index >= 15 is 0 Å². The van der Waals surface area contributed by atoms with E-state index in [0.717, 1.165) is 5.56 Å². The van der Waals surface area contributed by atoms with Gasteiger partial charge >= 0.3 is 0 Å². The van der Waals surface area contributed by atoms with Crippen LogP contribution in [0.3, 0.4) is 0 Å². The average molecular weight is 414 g/mol. The molecule has 2 aromatic carbocycles. The number of hydrogen-bond donors (Lipinski definition) is 0. The first-order valence-electron chi connectivity index (χ1n) is 5.58. The highest BCUT2D eigenvalue weighted by Gasteiger charge is 2.13. The highest BCUT2D eigenvalue weighted by Crippen LogP contribution is 2.30. The third-order valence-corrected chi connectivity index (χ3v) is 4.97. The van der Waals surface area contributed by atoms with Gasteiger partial charge in [-0.3, -0.25) is 0 Å². The molecule has 0 fully saturated rings. The van der Waals surface area contributed by atoms with Gasteiger partial charge in [0.1, 0.15) is 18.2 Å². The maximum absolute atomic E-state index is 13.0. The number of benzene rings is 2. The van der Waals surface area contributed by atoms with Crippen molar-refractivity contribution in [3.05, 3.63) is 57.3 Å². The molecule has 0 heterocycles. The molecule has 0 amide bonds. The van der Waals surface area contributed by atoms with Crippen LogP contribution in [0.15, 0.2) is 45.8 Å². The van der Waals surface area contributed by atoms with Crippen LogP contribution < -0.4 is 4.74 Å². The Balaban J connectivity index is 2.17. The molecule has 0 radical (unpaired) electrons. The van der Waals surface area contributed by atoms with Crippen molar-refractivity contribution in [1.82, 2.24) is 0 Å².